The van der Waals surface area contributed by atoms with Gasteiger partial charge >= 0.3 is 0 Å². The first kappa shape index (κ1) is 15.3. The fourth-order valence-corrected chi connectivity index (χ4v) is 3.03. The summed E-state index contributed by atoms with van der Waals surface area (Å²) in [6, 6.07) is 6.48. The number of hydrogen-bond donors (Lipinski definition) is 2. The first-order valence-corrected chi connectivity index (χ1v) is 7.40. The third-order valence-corrected chi connectivity index (χ3v) is 4.11. The largest absolute Gasteiger partial charge is 0.496 e. The van der Waals surface area contributed by atoms with E-state index >= 15 is 0 Å². The molecule has 0 saturated carbocycles. The third kappa shape index (κ3) is 3.72. The van der Waals surface area contributed by atoms with Gasteiger partial charge in [-0.3, -0.25) is 4.90 Å². The molecule has 112 valence electrons. The SMILES string of the molecule is COc1ccc(CN2CCCCC2CCO)cc1CO. The van der Waals surface area contributed by atoms with Crippen LogP contribution in [0, 0.1) is 0 Å². The van der Waals surface area contributed by atoms with Crippen molar-refractivity contribution in [3.05, 3.63) is 29.3 Å². The van der Waals surface area contributed by atoms with Crippen molar-refractivity contribution in [2.75, 3.05) is 20.3 Å². The molecule has 2 N–H and O–H groups in total. The zero-order valence-electron chi connectivity index (χ0n) is 12.2. The van der Waals surface area contributed by atoms with Crippen LogP contribution in [0.2, 0.25) is 0 Å². The van der Waals surface area contributed by atoms with Crippen LogP contribution in [0.15, 0.2) is 18.2 Å². The third-order valence-electron chi connectivity index (χ3n) is 4.11. The van der Waals surface area contributed by atoms with Crippen molar-refractivity contribution in [2.45, 2.75) is 44.9 Å². The van der Waals surface area contributed by atoms with Gasteiger partial charge in [-0.2, -0.15) is 0 Å². The number of piperidine rings is 1. The monoisotopic (exact) mass is 279 g/mol. The molecule has 1 aromatic carbocycles. The van der Waals surface area contributed by atoms with E-state index in [1.54, 1.807) is 7.11 Å². The number of benzene rings is 1. The molecule has 1 aromatic rings. The minimum absolute atomic E-state index is 0.00289. The molecule has 1 unspecified atom stereocenters. The van der Waals surface area contributed by atoms with E-state index < -0.39 is 0 Å². The van der Waals surface area contributed by atoms with Gasteiger partial charge in [0.25, 0.3) is 0 Å². The van der Waals surface area contributed by atoms with Crippen molar-refractivity contribution >= 4 is 0 Å². The number of rotatable bonds is 6. The zero-order chi connectivity index (χ0) is 14.4. The van der Waals surface area contributed by atoms with Crippen LogP contribution in [-0.4, -0.2) is 41.4 Å². The summed E-state index contributed by atoms with van der Waals surface area (Å²) < 4.78 is 5.23. The van der Waals surface area contributed by atoms with Crippen LogP contribution in [0.5, 0.6) is 5.75 Å². The molecule has 4 nitrogen and oxygen atoms in total. The van der Waals surface area contributed by atoms with Crippen LogP contribution in [-0.2, 0) is 13.2 Å². The van der Waals surface area contributed by atoms with Crippen molar-refractivity contribution in [3.8, 4) is 5.75 Å². The molecule has 0 radical (unpaired) electrons. The molecule has 0 spiro atoms. The van der Waals surface area contributed by atoms with Crippen molar-refractivity contribution in [2.24, 2.45) is 0 Å². The summed E-state index contributed by atoms with van der Waals surface area (Å²) in [6.45, 7) is 2.22. The second-order valence-corrected chi connectivity index (χ2v) is 5.44. The standard InChI is InChI=1S/C16H25NO3/c1-20-16-6-5-13(10-14(16)12-19)11-17-8-3-2-4-15(17)7-9-18/h5-6,10,15,18-19H,2-4,7-9,11-12H2,1H3. The molecular formula is C16H25NO3. The summed E-state index contributed by atoms with van der Waals surface area (Å²) in [7, 11) is 1.62. The molecule has 1 heterocycles. The van der Waals surface area contributed by atoms with Gasteiger partial charge in [0.05, 0.1) is 13.7 Å². The van der Waals surface area contributed by atoms with Crippen molar-refractivity contribution in [1.29, 1.82) is 0 Å². The Morgan fingerprint density at radius 1 is 1.30 bits per heavy atom. The Hall–Kier alpha value is -1.10. The maximum absolute atomic E-state index is 9.39. The average Bonchev–Trinajstić information content (AvgIpc) is 2.49. The van der Waals surface area contributed by atoms with Gasteiger partial charge in [0.15, 0.2) is 0 Å². The van der Waals surface area contributed by atoms with Crippen LogP contribution in [0.3, 0.4) is 0 Å². The fourth-order valence-electron chi connectivity index (χ4n) is 3.03. The topological polar surface area (TPSA) is 52.9 Å². The molecule has 1 aliphatic heterocycles. The molecule has 1 saturated heterocycles. The van der Waals surface area contributed by atoms with Gasteiger partial charge in [-0.25, -0.2) is 0 Å². The lowest BCUT2D eigenvalue weighted by Gasteiger charge is -2.35. The molecule has 0 aliphatic carbocycles. The predicted molar refractivity (Wildman–Crippen MR) is 78.7 cm³/mol. The first-order valence-electron chi connectivity index (χ1n) is 7.40. The Bertz CT molecular complexity index is 420. The van der Waals surface area contributed by atoms with Gasteiger partial charge in [0, 0.05) is 24.8 Å². The van der Waals surface area contributed by atoms with Crippen molar-refractivity contribution in [1.82, 2.24) is 4.90 Å². The van der Waals surface area contributed by atoms with E-state index in [0.29, 0.717) is 6.04 Å². The van der Waals surface area contributed by atoms with E-state index in [0.717, 1.165) is 30.8 Å². The maximum Gasteiger partial charge on any atom is 0.124 e. The van der Waals surface area contributed by atoms with E-state index in [4.69, 9.17) is 4.74 Å². The summed E-state index contributed by atoms with van der Waals surface area (Å²) in [6.07, 6.45) is 4.50. The highest BCUT2D eigenvalue weighted by atomic mass is 16.5. The van der Waals surface area contributed by atoms with E-state index in [-0.39, 0.29) is 13.2 Å². The summed E-state index contributed by atoms with van der Waals surface area (Å²) in [5.41, 5.74) is 2.03. The Balaban J connectivity index is 2.07. The summed E-state index contributed by atoms with van der Waals surface area (Å²) in [4.78, 5) is 2.45. The Morgan fingerprint density at radius 3 is 2.85 bits per heavy atom. The van der Waals surface area contributed by atoms with Gasteiger partial charge in [-0.15, -0.1) is 0 Å². The van der Waals surface area contributed by atoms with Gasteiger partial charge in [0.2, 0.25) is 0 Å². The second-order valence-electron chi connectivity index (χ2n) is 5.44. The van der Waals surface area contributed by atoms with Gasteiger partial charge in [-0.05, 0) is 43.5 Å². The molecular weight excluding hydrogens is 254 g/mol. The van der Waals surface area contributed by atoms with Crippen LogP contribution in [0.1, 0.15) is 36.8 Å². The summed E-state index contributed by atoms with van der Waals surface area (Å²) in [5.74, 6) is 0.738. The average molecular weight is 279 g/mol. The van der Waals surface area contributed by atoms with Gasteiger partial charge in [0.1, 0.15) is 5.75 Å². The first-order chi connectivity index (χ1) is 9.78. The lowest BCUT2D eigenvalue weighted by Crippen LogP contribution is -2.39. The molecule has 1 fully saturated rings. The Labute approximate surface area is 121 Å². The number of aliphatic hydroxyl groups is 2. The number of hydrogen-bond acceptors (Lipinski definition) is 4. The zero-order valence-corrected chi connectivity index (χ0v) is 12.2. The van der Waals surface area contributed by atoms with E-state index in [2.05, 4.69) is 11.0 Å². The van der Waals surface area contributed by atoms with E-state index in [1.807, 2.05) is 12.1 Å². The molecule has 1 aliphatic rings. The van der Waals surface area contributed by atoms with Crippen LogP contribution < -0.4 is 4.74 Å². The highest BCUT2D eigenvalue weighted by Gasteiger charge is 2.22. The molecule has 4 heteroatoms. The predicted octanol–water partition coefficient (Wildman–Crippen LogP) is 1.92. The quantitative estimate of drug-likeness (QED) is 0.835. The molecule has 0 aromatic heterocycles. The fraction of sp³-hybridized carbons (Fsp3) is 0.625. The number of ether oxygens (including phenoxy) is 1. The van der Waals surface area contributed by atoms with Crippen molar-refractivity contribution < 1.29 is 14.9 Å². The molecule has 0 bridgehead atoms. The van der Waals surface area contributed by atoms with Crippen LogP contribution >= 0.6 is 0 Å². The van der Waals surface area contributed by atoms with Crippen molar-refractivity contribution in [3.63, 3.8) is 0 Å². The smallest absolute Gasteiger partial charge is 0.124 e. The van der Waals surface area contributed by atoms with Gasteiger partial charge < -0.3 is 14.9 Å². The molecule has 1 atom stereocenters. The summed E-state index contributed by atoms with van der Waals surface area (Å²) in [5, 5.41) is 18.6. The molecule has 2 rings (SSSR count). The van der Waals surface area contributed by atoms with Gasteiger partial charge in [-0.1, -0.05) is 12.5 Å². The normalized spacial score (nSPS) is 20.1. The minimum Gasteiger partial charge on any atom is -0.496 e. The lowest BCUT2D eigenvalue weighted by atomic mass is 9.98. The molecule has 0 amide bonds. The second kappa shape index (κ2) is 7.62. The highest BCUT2D eigenvalue weighted by molar-refractivity contribution is 5.36. The maximum atomic E-state index is 9.39. The van der Waals surface area contributed by atoms with Crippen LogP contribution in [0.25, 0.3) is 0 Å². The summed E-state index contributed by atoms with van der Waals surface area (Å²) >= 11 is 0. The Kier molecular flexibility index (Phi) is 5.83. The Morgan fingerprint density at radius 2 is 2.15 bits per heavy atom. The minimum atomic E-state index is -0.00289. The van der Waals surface area contributed by atoms with E-state index in [9.17, 15) is 10.2 Å². The van der Waals surface area contributed by atoms with Crippen LogP contribution in [0.4, 0.5) is 0 Å². The number of aliphatic hydroxyl groups excluding tert-OH is 2. The van der Waals surface area contributed by atoms with E-state index in [1.165, 1.54) is 24.8 Å². The number of nitrogens with zero attached hydrogens (tertiary/aromatic N) is 1. The number of methoxy groups -OCH3 is 1. The number of likely N-dealkylation sites (tertiary alicyclic amines) is 1. The lowest BCUT2D eigenvalue weighted by molar-refractivity contribution is 0.112. The molecule has 20 heavy (non-hydrogen) atoms. The highest BCUT2D eigenvalue weighted by Crippen LogP contribution is 2.24.